The summed E-state index contributed by atoms with van der Waals surface area (Å²) in [6, 6.07) is 6.73. The first kappa shape index (κ1) is 14.5. The van der Waals surface area contributed by atoms with Crippen molar-refractivity contribution >= 4 is 40.2 Å². The van der Waals surface area contributed by atoms with Crippen LogP contribution in [-0.2, 0) is 4.79 Å². The maximum Gasteiger partial charge on any atom is 0.233 e. The third-order valence-corrected chi connectivity index (χ3v) is 4.42. The second-order valence-electron chi connectivity index (χ2n) is 4.72. The van der Waals surface area contributed by atoms with Crippen molar-refractivity contribution in [3.05, 3.63) is 34.9 Å². The van der Waals surface area contributed by atoms with Crippen LogP contribution in [0.1, 0.15) is 10.4 Å². The van der Waals surface area contributed by atoms with Crippen LogP contribution in [0.2, 0.25) is 5.02 Å². The summed E-state index contributed by atoms with van der Waals surface area (Å²) in [5.74, 6) is -0.0885. The first-order valence-corrected chi connectivity index (χ1v) is 7.78. The Labute approximate surface area is 130 Å². The number of hydrogen-bond acceptors (Lipinski definition) is 6. The van der Waals surface area contributed by atoms with Gasteiger partial charge in [0.1, 0.15) is 6.17 Å². The monoisotopic (exact) mass is 324 g/mol. The maximum absolute atomic E-state index is 12.0. The third-order valence-electron chi connectivity index (χ3n) is 3.28. The highest BCUT2D eigenvalue weighted by Crippen LogP contribution is 2.18. The zero-order chi connectivity index (χ0) is 14.8. The van der Waals surface area contributed by atoms with Gasteiger partial charge < -0.3 is 5.32 Å². The molecule has 8 heteroatoms. The van der Waals surface area contributed by atoms with Crippen LogP contribution in [0.15, 0.2) is 29.3 Å². The molecule has 3 rings (SSSR count). The number of fused-ring (bicyclic) bond motifs is 1. The van der Waals surface area contributed by atoms with Crippen molar-refractivity contribution in [3.63, 3.8) is 0 Å². The number of carbonyl (C=O) groups is 2. The molecule has 3 N–H and O–H groups in total. The molecule has 1 saturated heterocycles. The molecule has 0 spiro atoms. The van der Waals surface area contributed by atoms with Gasteiger partial charge in [0.05, 0.1) is 11.7 Å². The molecule has 2 unspecified atom stereocenters. The molecule has 1 aromatic rings. The van der Waals surface area contributed by atoms with Crippen LogP contribution < -0.4 is 16.2 Å². The first-order valence-electron chi connectivity index (χ1n) is 6.42. The van der Waals surface area contributed by atoms with Crippen LogP contribution >= 0.6 is 23.4 Å². The molecule has 1 aromatic carbocycles. The van der Waals surface area contributed by atoms with E-state index in [4.69, 9.17) is 11.6 Å². The molecule has 2 aliphatic heterocycles. The lowest BCUT2D eigenvalue weighted by Gasteiger charge is -2.21. The largest absolute Gasteiger partial charge is 0.305 e. The fraction of sp³-hybridized carbons (Fsp3) is 0.308. The summed E-state index contributed by atoms with van der Waals surface area (Å²) >= 11 is 7.01. The van der Waals surface area contributed by atoms with Gasteiger partial charge >= 0.3 is 0 Å². The number of nitrogens with one attached hydrogen (secondary N) is 3. The van der Waals surface area contributed by atoms with E-state index in [1.165, 1.54) is 11.8 Å². The molecule has 2 aliphatic rings. The standard InChI is InChI=1S/C13H13ClN4O2S/c14-8-3-1-7(2-4-8)10(19)6-21-13-16-11-9(5-15-18-11)12(20)17-13/h1-4,9,11,15,18H,5-6H2,(H,16,17,20). The number of thioether (sulfide) groups is 1. The number of amidine groups is 1. The molecule has 2 heterocycles. The molecule has 21 heavy (non-hydrogen) atoms. The Hall–Kier alpha value is -1.41. The highest BCUT2D eigenvalue weighted by atomic mass is 35.5. The summed E-state index contributed by atoms with van der Waals surface area (Å²) in [5.41, 5.74) is 6.43. The molecule has 1 fully saturated rings. The predicted octanol–water partition coefficient (Wildman–Crippen LogP) is 0.792. The Morgan fingerprint density at radius 3 is 2.90 bits per heavy atom. The van der Waals surface area contributed by atoms with E-state index < -0.39 is 0 Å². The van der Waals surface area contributed by atoms with Crippen molar-refractivity contribution in [2.75, 3.05) is 12.3 Å². The van der Waals surface area contributed by atoms with Crippen molar-refractivity contribution < 1.29 is 9.59 Å². The van der Waals surface area contributed by atoms with Crippen molar-refractivity contribution in [1.82, 2.24) is 16.2 Å². The minimum absolute atomic E-state index is 0.0340. The summed E-state index contributed by atoms with van der Waals surface area (Å²) in [6.45, 7) is 0.557. The zero-order valence-electron chi connectivity index (χ0n) is 10.9. The molecular formula is C13H13ClN4O2S. The van der Waals surface area contributed by atoms with Gasteiger partial charge in [-0.25, -0.2) is 10.4 Å². The zero-order valence-corrected chi connectivity index (χ0v) is 12.5. The number of carbonyl (C=O) groups excluding carboxylic acids is 2. The van der Waals surface area contributed by atoms with E-state index in [-0.39, 0.29) is 29.5 Å². The van der Waals surface area contributed by atoms with Crippen LogP contribution in [0.3, 0.4) is 0 Å². The van der Waals surface area contributed by atoms with Gasteiger partial charge in [-0.1, -0.05) is 23.4 Å². The Kier molecular flexibility index (Phi) is 4.25. The van der Waals surface area contributed by atoms with E-state index >= 15 is 0 Å². The minimum atomic E-state index is -0.258. The van der Waals surface area contributed by atoms with Crippen LogP contribution in [0.4, 0.5) is 0 Å². The quantitative estimate of drug-likeness (QED) is 0.716. The number of ketones is 1. The number of nitrogens with zero attached hydrogens (tertiary/aromatic N) is 1. The molecule has 2 atom stereocenters. The van der Waals surface area contributed by atoms with E-state index in [1.807, 2.05) is 0 Å². The second-order valence-corrected chi connectivity index (χ2v) is 6.12. The molecule has 0 aliphatic carbocycles. The topological polar surface area (TPSA) is 82.6 Å². The fourth-order valence-electron chi connectivity index (χ4n) is 2.13. The summed E-state index contributed by atoms with van der Waals surface area (Å²) in [5, 5.41) is 3.79. The Morgan fingerprint density at radius 1 is 1.38 bits per heavy atom. The molecular weight excluding hydrogens is 312 g/mol. The lowest BCUT2D eigenvalue weighted by atomic mass is 10.1. The van der Waals surface area contributed by atoms with Gasteiger partial charge in [0.25, 0.3) is 0 Å². The van der Waals surface area contributed by atoms with Crippen LogP contribution in [0.25, 0.3) is 0 Å². The van der Waals surface area contributed by atoms with Crippen LogP contribution in [0, 0.1) is 5.92 Å². The number of rotatable bonds is 3. The average Bonchev–Trinajstić information content (AvgIpc) is 2.94. The number of halogens is 1. The molecule has 0 aromatic heterocycles. The van der Waals surface area contributed by atoms with Gasteiger partial charge in [-0.15, -0.1) is 0 Å². The number of Topliss-reactive ketones (excluding diaryl/α,β-unsaturated/α-hetero) is 1. The Bertz CT molecular complexity index is 605. The highest BCUT2D eigenvalue weighted by Gasteiger charge is 2.36. The summed E-state index contributed by atoms with van der Waals surface area (Å²) < 4.78 is 0. The van der Waals surface area contributed by atoms with Crippen molar-refractivity contribution in [2.24, 2.45) is 10.9 Å². The van der Waals surface area contributed by atoms with Gasteiger partial charge in [0.15, 0.2) is 11.0 Å². The number of benzene rings is 1. The second kappa shape index (κ2) is 6.15. The van der Waals surface area contributed by atoms with Crippen LogP contribution in [-0.4, -0.2) is 35.3 Å². The fourth-order valence-corrected chi connectivity index (χ4v) is 3.05. The molecule has 0 bridgehead atoms. The maximum atomic E-state index is 12.0. The van der Waals surface area contributed by atoms with Gasteiger partial charge in [-0.3, -0.25) is 15.0 Å². The van der Waals surface area contributed by atoms with E-state index in [0.29, 0.717) is 22.3 Å². The van der Waals surface area contributed by atoms with Crippen LogP contribution in [0.5, 0.6) is 0 Å². The highest BCUT2D eigenvalue weighted by molar-refractivity contribution is 8.14. The van der Waals surface area contributed by atoms with E-state index in [0.717, 1.165) is 0 Å². The Morgan fingerprint density at radius 2 is 2.14 bits per heavy atom. The summed E-state index contributed by atoms with van der Waals surface area (Å²) in [4.78, 5) is 28.3. The van der Waals surface area contributed by atoms with Gasteiger partial charge in [0, 0.05) is 17.1 Å². The molecule has 0 saturated carbocycles. The van der Waals surface area contributed by atoms with Crippen molar-refractivity contribution in [1.29, 1.82) is 0 Å². The van der Waals surface area contributed by atoms with Crippen molar-refractivity contribution in [3.8, 4) is 0 Å². The summed E-state index contributed by atoms with van der Waals surface area (Å²) in [6.07, 6.45) is -0.258. The summed E-state index contributed by atoms with van der Waals surface area (Å²) in [7, 11) is 0. The number of hydrazine groups is 1. The molecule has 6 nitrogen and oxygen atoms in total. The van der Waals surface area contributed by atoms with Crippen molar-refractivity contribution in [2.45, 2.75) is 6.17 Å². The average molecular weight is 325 g/mol. The van der Waals surface area contributed by atoms with E-state index in [1.54, 1.807) is 24.3 Å². The van der Waals surface area contributed by atoms with Gasteiger partial charge in [0.2, 0.25) is 5.91 Å². The molecule has 110 valence electrons. The van der Waals surface area contributed by atoms with E-state index in [9.17, 15) is 9.59 Å². The normalized spacial score (nSPS) is 24.2. The van der Waals surface area contributed by atoms with Gasteiger partial charge in [-0.05, 0) is 24.3 Å². The molecule has 1 amide bonds. The SMILES string of the molecule is O=C(CSC1=NC2NNCC2C(=O)N1)c1ccc(Cl)cc1. The Balaban J connectivity index is 1.61. The molecule has 0 radical (unpaired) electrons. The minimum Gasteiger partial charge on any atom is -0.305 e. The number of amides is 1. The smallest absolute Gasteiger partial charge is 0.233 e. The lowest BCUT2D eigenvalue weighted by Crippen LogP contribution is -2.46. The number of hydrogen-bond donors (Lipinski definition) is 3. The lowest BCUT2D eigenvalue weighted by molar-refractivity contribution is -0.123. The number of aliphatic imine (C=N–C) groups is 1. The predicted molar refractivity (Wildman–Crippen MR) is 82.2 cm³/mol. The first-order chi connectivity index (χ1) is 10.1. The van der Waals surface area contributed by atoms with E-state index in [2.05, 4.69) is 21.2 Å². The third kappa shape index (κ3) is 3.26. The van der Waals surface area contributed by atoms with Gasteiger partial charge in [-0.2, -0.15) is 0 Å².